The van der Waals surface area contributed by atoms with E-state index in [4.69, 9.17) is 4.74 Å². The molecule has 1 rings (SSSR count). The van der Waals surface area contributed by atoms with Crippen LogP contribution in [0.5, 0.6) is 5.75 Å². The number of hydrogen-bond acceptors (Lipinski definition) is 4. The van der Waals surface area contributed by atoms with Crippen molar-refractivity contribution in [1.29, 1.82) is 0 Å². The summed E-state index contributed by atoms with van der Waals surface area (Å²) in [5, 5.41) is 14.4. The summed E-state index contributed by atoms with van der Waals surface area (Å²) in [5.74, 6) is 0.328. The molecule has 0 atom stereocenters. The molecule has 0 spiro atoms. The van der Waals surface area contributed by atoms with Crippen molar-refractivity contribution in [3.05, 3.63) is 28.3 Å². The van der Waals surface area contributed by atoms with Gasteiger partial charge in [0.2, 0.25) is 0 Å². The first-order valence-corrected chi connectivity index (χ1v) is 7.09. The molecule has 0 heterocycles. The Morgan fingerprint density at radius 1 is 1.30 bits per heavy atom. The van der Waals surface area contributed by atoms with Crippen LogP contribution in [0.3, 0.4) is 0 Å². The molecule has 0 aliphatic heterocycles. The Balaban J connectivity index is 2.96. The second-order valence-electron chi connectivity index (χ2n) is 5.55. The standard InChI is InChI=1S/C15H24N2O3/c1-5-9-15(3,4)16-12-7-8-13(17(18)19)14(11-12)20-10-6-2/h7-8,11,16H,5-6,9-10H2,1-4H3. The number of nitrogens with zero attached hydrogens (tertiary/aromatic N) is 1. The van der Waals surface area contributed by atoms with E-state index in [1.54, 1.807) is 12.1 Å². The number of anilines is 1. The molecule has 0 radical (unpaired) electrons. The van der Waals surface area contributed by atoms with Crippen molar-refractivity contribution in [2.24, 2.45) is 0 Å². The maximum absolute atomic E-state index is 11.0. The summed E-state index contributed by atoms with van der Waals surface area (Å²) in [5.41, 5.74) is 0.810. The minimum atomic E-state index is -0.411. The maximum Gasteiger partial charge on any atom is 0.311 e. The van der Waals surface area contributed by atoms with Crippen LogP contribution in [-0.4, -0.2) is 17.1 Å². The molecular formula is C15H24N2O3. The number of nitro groups is 1. The van der Waals surface area contributed by atoms with Crippen molar-refractivity contribution in [3.8, 4) is 5.75 Å². The highest BCUT2D eigenvalue weighted by Gasteiger charge is 2.19. The Bertz CT molecular complexity index is 458. The molecule has 0 bridgehead atoms. The lowest BCUT2D eigenvalue weighted by molar-refractivity contribution is -0.385. The average Bonchev–Trinajstić information content (AvgIpc) is 2.35. The maximum atomic E-state index is 11.0. The Labute approximate surface area is 120 Å². The molecule has 0 aromatic heterocycles. The first-order chi connectivity index (χ1) is 9.39. The molecule has 0 unspecified atom stereocenters. The van der Waals surface area contributed by atoms with Crippen molar-refractivity contribution in [3.63, 3.8) is 0 Å². The molecule has 5 nitrogen and oxygen atoms in total. The minimum Gasteiger partial charge on any atom is -0.487 e. The summed E-state index contributed by atoms with van der Waals surface area (Å²) in [4.78, 5) is 10.6. The summed E-state index contributed by atoms with van der Waals surface area (Å²) >= 11 is 0. The fourth-order valence-corrected chi connectivity index (χ4v) is 2.15. The summed E-state index contributed by atoms with van der Waals surface area (Å²) in [7, 11) is 0. The van der Waals surface area contributed by atoms with E-state index in [9.17, 15) is 10.1 Å². The van der Waals surface area contributed by atoms with Crippen molar-refractivity contribution in [2.75, 3.05) is 11.9 Å². The van der Waals surface area contributed by atoms with Gasteiger partial charge < -0.3 is 10.1 Å². The molecule has 1 aromatic rings. The zero-order valence-corrected chi connectivity index (χ0v) is 12.7. The highest BCUT2D eigenvalue weighted by atomic mass is 16.6. The summed E-state index contributed by atoms with van der Waals surface area (Å²) in [6.07, 6.45) is 2.91. The second-order valence-corrected chi connectivity index (χ2v) is 5.55. The lowest BCUT2D eigenvalue weighted by atomic mass is 9.98. The highest BCUT2D eigenvalue weighted by Crippen LogP contribution is 2.31. The number of hydrogen-bond donors (Lipinski definition) is 1. The second kappa shape index (κ2) is 7.12. The van der Waals surface area contributed by atoms with Crippen molar-refractivity contribution in [2.45, 2.75) is 52.5 Å². The van der Waals surface area contributed by atoms with E-state index >= 15 is 0 Å². The lowest BCUT2D eigenvalue weighted by Crippen LogP contribution is -2.30. The van der Waals surface area contributed by atoms with Gasteiger partial charge in [-0.1, -0.05) is 20.3 Å². The van der Waals surface area contributed by atoms with Crippen LogP contribution in [0.25, 0.3) is 0 Å². The van der Waals surface area contributed by atoms with E-state index in [2.05, 4.69) is 26.1 Å². The van der Waals surface area contributed by atoms with Crippen LogP contribution in [0.15, 0.2) is 18.2 Å². The zero-order valence-electron chi connectivity index (χ0n) is 12.7. The smallest absolute Gasteiger partial charge is 0.311 e. The third kappa shape index (κ3) is 4.72. The molecule has 1 aromatic carbocycles. The molecule has 0 saturated heterocycles. The first kappa shape index (κ1) is 16.3. The number of nitro benzene ring substituents is 1. The molecule has 0 amide bonds. The van der Waals surface area contributed by atoms with E-state index in [1.165, 1.54) is 6.07 Å². The van der Waals surface area contributed by atoms with E-state index in [-0.39, 0.29) is 11.2 Å². The van der Waals surface area contributed by atoms with Gasteiger partial charge in [0.15, 0.2) is 5.75 Å². The number of ether oxygens (including phenoxy) is 1. The molecule has 20 heavy (non-hydrogen) atoms. The molecule has 0 aliphatic carbocycles. The SMILES string of the molecule is CCCOc1cc(NC(C)(C)CCC)ccc1[N+](=O)[O-]. The van der Waals surface area contributed by atoms with Crippen molar-refractivity contribution in [1.82, 2.24) is 0 Å². The summed E-state index contributed by atoms with van der Waals surface area (Å²) in [6.45, 7) is 8.81. The predicted octanol–water partition coefficient (Wildman–Crippen LogP) is 4.37. The minimum absolute atomic E-state index is 0.0114. The van der Waals surface area contributed by atoms with Gasteiger partial charge in [-0.15, -0.1) is 0 Å². The quantitative estimate of drug-likeness (QED) is 0.567. The van der Waals surface area contributed by atoms with Gasteiger partial charge in [-0.2, -0.15) is 0 Å². The molecule has 1 N–H and O–H groups in total. The topological polar surface area (TPSA) is 64.4 Å². The molecule has 0 fully saturated rings. The zero-order chi connectivity index (χ0) is 15.2. The van der Waals surface area contributed by atoms with Crippen molar-refractivity contribution >= 4 is 11.4 Å². The monoisotopic (exact) mass is 280 g/mol. The predicted molar refractivity (Wildman–Crippen MR) is 81.5 cm³/mol. The Morgan fingerprint density at radius 2 is 2.00 bits per heavy atom. The van der Waals surface area contributed by atoms with Crippen LogP contribution < -0.4 is 10.1 Å². The van der Waals surface area contributed by atoms with Gasteiger partial charge in [-0.3, -0.25) is 10.1 Å². The van der Waals surface area contributed by atoms with Gasteiger partial charge in [0, 0.05) is 23.4 Å². The van der Waals surface area contributed by atoms with Crippen LogP contribution in [-0.2, 0) is 0 Å². The number of rotatable bonds is 8. The van der Waals surface area contributed by atoms with Crippen LogP contribution >= 0.6 is 0 Å². The van der Waals surface area contributed by atoms with Crippen LogP contribution in [0.4, 0.5) is 11.4 Å². The van der Waals surface area contributed by atoms with Gasteiger partial charge in [0.25, 0.3) is 0 Å². The molecule has 112 valence electrons. The largest absolute Gasteiger partial charge is 0.487 e. The molecule has 0 aliphatic rings. The highest BCUT2D eigenvalue weighted by molar-refractivity contribution is 5.58. The Kier molecular flexibility index (Phi) is 5.80. The average molecular weight is 280 g/mol. The lowest BCUT2D eigenvalue weighted by Gasteiger charge is -2.27. The first-order valence-electron chi connectivity index (χ1n) is 7.09. The van der Waals surface area contributed by atoms with E-state index in [0.29, 0.717) is 12.4 Å². The van der Waals surface area contributed by atoms with Gasteiger partial charge in [0.05, 0.1) is 11.5 Å². The number of benzene rings is 1. The van der Waals surface area contributed by atoms with Gasteiger partial charge >= 0.3 is 5.69 Å². The van der Waals surface area contributed by atoms with Crippen LogP contribution in [0.2, 0.25) is 0 Å². The van der Waals surface area contributed by atoms with E-state index < -0.39 is 4.92 Å². The fourth-order valence-electron chi connectivity index (χ4n) is 2.15. The third-order valence-electron chi connectivity index (χ3n) is 2.98. The molecule has 5 heteroatoms. The number of nitrogens with one attached hydrogen (secondary N) is 1. The van der Waals surface area contributed by atoms with E-state index in [0.717, 1.165) is 24.9 Å². The van der Waals surface area contributed by atoms with Gasteiger partial charge in [-0.25, -0.2) is 0 Å². The fraction of sp³-hybridized carbons (Fsp3) is 0.600. The molecule has 0 saturated carbocycles. The van der Waals surface area contributed by atoms with E-state index in [1.807, 2.05) is 6.92 Å². The third-order valence-corrected chi connectivity index (χ3v) is 2.98. The molecular weight excluding hydrogens is 256 g/mol. The van der Waals surface area contributed by atoms with Gasteiger partial charge in [-0.05, 0) is 32.8 Å². The normalized spacial score (nSPS) is 11.2. The summed E-state index contributed by atoms with van der Waals surface area (Å²) < 4.78 is 5.48. The Hall–Kier alpha value is -1.78. The van der Waals surface area contributed by atoms with Crippen molar-refractivity contribution < 1.29 is 9.66 Å². The summed E-state index contributed by atoms with van der Waals surface area (Å²) in [6, 6.07) is 4.94. The van der Waals surface area contributed by atoms with Gasteiger partial charge in [0.1, 0.15) is 0 Å². The Morgan fingerprint density at radius 3 is 2.55 bits per heavy atom. The van der Waals surface area contributed by atoms with Crippen LogP contribution in [0.1, 0.15) is 47.0 Å². The van der Waals surface area contributed by atoms with Crippen LogP contribution in [0, 0.1) is 10.1 Å².